The number of hydrogen-bond acceptors (Lipinski definition) is 3. The van der Waals surface area contributed by atoms with Crippen LogP contribution in [0.5, 0.6) is 0 Å². The van der Waals surface area contributed by atoms with Crippen molar-refractivity contribution in [3.8, 4) is 0 Å². The topological polar surface area (TPSA) is 84.4 Å². The molecule has 0 atom stereocenters. The number of carbonyl (C=O) groups excluding carboxylic acids is 1. The maximum atomic E-state index is 10.6. The van der Waals surface area contributed by atoms with E-state index in [1.54, 1.807) is 0 Å². The van der Waals surface area contributed by atoms with E-state index in [1.807, 2.05) is 19.3 Å². The van der Waals surface area contributed by atoms with E-state index in [1.165, 1.54) is 0 Å². The lowest BCUT2D eigenvalue weighted by molar-refractivity contribution is 0.192. The van der Waals surface area contributed by atoms with Gasteiger partial charge in [0.25, 0.3) is 0 Å². The molecule has 10 heavy (non-hydrogen) atoms. The highest BCUT2D eigenvalue weighted by molar-refractivity contribution is 5.72. The highest BCUT2D eigenvalue weighted by Crippen LogP contribution is 1.92. The fraction of sp³-hybridized carbons (Fsp3) is 0.800. The van der Waals surface area contributed by atoms with Gasteiger partial charge in [0.2, 0.25) is 0 Å². The predicted molar refractivity (Wildman–Crippen MR) is 38.5 cm³/mol. The molecule has 0 fully saturated rings. The van der Waals surface area contributed by atoms with Crippen LogP contribution in [0, 0.1) is 5.92 Å². The molecule has 5 N–H and O–H groups in total. The largest absolute Gasteiger partial charge is 0.345 e. The second-order valence-electron chi connectivity index (χ2n) is 2.50. The predicted octanol–water partition coefficient (Wildman–Crippen LogP) is -0.599. The average Bonchev–Trinajstić information content (AvgIpc) is 1.85. The van der Waals surface area contributed by atoms with E-state index in [-0.39, 0.29) is 0 Å². The van der Waals surface area contributed by atoms with Crippen molar-refractivity contribution in [2.75, 3.05) is 6.54 Å². The molecule has 0 aromatic heterocycles. The number of urea groups is 1. The third-order valence-corrected chi connectivity index (χ3v) is 0.946. The van der Waals surface area contributed by atoms with E-state index < -0.39 is 6.03 Å². The minimum atomic E-state index is -0.464. The Hall–Kier alpha value is -0.810. The first-order valence-corrected chi connectivity index (χ1v) is 3.10. The molecule has 0 spiro atoms. The summed E-state index contributed by atoms with van der Waals surface area (Å²) < 4.78 is 0. The Labute approximate surface area is 60.3 Å². The highest BCUT2D eigenvalue weighted by Gasteiger charge is 2.07. The molecule has 0 aliphatic carbocycles. The van der Waals surface area contributed by atoms with Crippen LogP contribution in [0.4, 0.5) is 4.79 Å². The van der Waals surface area contributed by atoms with Crippen molar-refractivity contribution >= 4 is 6.03 Å². The smallest absolute Gasteiger partial charge is 0.275 e. The molecule has 0 saturated carbocycles. The van der Waals surface area contributed by atoms with E-state index >= 15 is 0 Å². The molecule has 0 rings (SSSR count). The number of rotatable bonds is 2. The van der Waals surface area contributed by atoms with Gasteiger partial charge in [-0.3, -0.25) is 10.4 Å². The fourth-order valence-electron chi connectivity index (χ4n) is 0.559. The number of carbonyl (C=O) groups is 1. The van der Waals surface area contributed by atoms with Gasteiger partial charge in [-0.05, 0) is 5.92 Å². The van der Waals surface area contributed by atoms with Gasteiger partial charge in [-0.2, -0.15) is 0 Å². The molecular weight excluding hydrogens is 132 g/mol. The molecule has 0 aromatic carbocycles. The van der Waals surface area contributed by atoms with E-state index in [2.05, 4.69) is 0 Å². The zero-order valence-electron chi connectivity index (χ0n) is 6.29. The first-order chi connectivity index (χ1) is 4.57. The Morgan fingerprint density at radius 1 is 1.70 bits per heavy atom. The average molecular weight is 146 g/mol. The maximum absolute atomic E-state index is 10.6. The molecule has 0 bridgehead atoms. The monoisotopic (exact) mass is 146 g/mol. The molecule has 0 radical (unpaired) electrons. The lowest BCUT2D eigenvalue weighted by atomic mass is 10.2. The van der Waals surface area contributed by atoms with E-state index in [9.17, 15) is 4.79 Å². The molecule has 60 valence electrons. The van der Waals surface area contributed by atoms with Gasteiger partial charge in [-0.1, -0.05) is 13.8 Å². The molecule has 0 aromatic rings. The van der Waals surface area contributed by atoms with Crippen molar-refractivity contribution in [1.29, 1.82) is 0 Å². The van der Waals surface area contributed by atoms with E-state index in [4.69, 9.17) is 11.7 Å². The van der Waals surface area contributed by atoms with Crippen LogP contribution in [0.2, 0.25) is 0 Å². The number of amides is 2. The lowest BCUT2D eigenvalue weighted by Gasteiger charge is -2.17. The number of hydrazine groups is 2. The van der Waals surface area contributed by atoms with Crippen molar-refractivity contribution in [2.45, 2.75) is 13.8 Å². The third kappa shape index (κ3) is 3.26. The molecular formula is C5H14N4O. The summed E-state index contributed by atoms with van der Waals surface area (Å²) in [5.41, 5.74) is 1.93. The molecule has 0 unspecified atom stereocenters. The fourth-order valence-corrected chi connectivity index (χ4v) is 0.559. The number of nitrogens with two attached hydrogens (primary N) is 2. The number of nitrogens with one attached hydrogen (secondary N) is 1. The van der Waals surface area contributed by atoms with Crippen LogP contribution in [-0.2, 0) is 0 Å². The zero-order valence-corrected chi connectivity index (χ0v) is 6.29. The molecule has 0 aliphatic heterocycles. The van der Waals surface area contributed by atoms with Gasteiger partial charge in [0.1, 0.15) is 0 Å². The van der Waals surface area contributed by atoms with Gasteiger partial charge < -0.3 is 0 Å². The standard InChI is InChI=1S/C5H14N4O/c1-4(2)3-9(7)5(10)8-6/h4H,3,6-7H2,1-2H3,(H,8,10). The summed E-state index contributed by atoms with van der Waals surface area (Å²) in [6.45, 7) is 4.43. The van der Waals surface area contributed by atoms with Crippen LogP contribution in [0.15, 0.2) is 0 Å². The lowest BCUT2D eigenvalue weighted by Crippen LogP contribution is -2.48. The number of nitrogens with zero attached hydrogens (tertiary/aromatic N) is 1. The Bertz CT molecular complexity index is 114. The molecule has 2 amide bonds. The summed E-state index contributed by atoms with van der Waals surface area (Å²) in [7, 11) is 0. The van der Waals surface area contributed by atoms with E-state index in [0.717, 1.165) is 5.01 Å². The Morgan fingerprint density at radius 3 is 2.50 bits per heavy atom. The second kappa shape index (κ2) is 4.08. The quantitative estimate of drug-likeness (QED) is 0.276. The molecule has 0 saturated heterocycles. The van der Waals surface area contributed by atoms with Crippen molar-refractivity contribution in [2.24, 2.45) is 17.6 Å². The highest BCUT2D eigenvalue weighted by atomic mass is 16.2. The van der Waals surface area contributed by atoms with Crippen LogP contribution >= 0.6 is 0 Å². The van der Waals surface area contributed by atoms with Crippen LogP contribution in [0.25, 0.3) is 0 Å². The van der Waals surface area contributed by atoms with Gasteiger partial charge in [-0.25, -0.2) is 16.5 Å². The van der Waals surface area contributed by atoms with Gasteiger partial charge >= 0.3 is 6.03 Å². The molecule has 0 aliphatic rings. The van der Waals surface area contributed by atoms with E-state index in [0.29, 0.717) is 12.5 Å². The van der Waals surface area contributed by atoms with Crippen LogP contribution in [-0.4, -0.2) is 17.6 Å². The minimum Gasteiger partial charge on any atom is -0.275 e. The summed E-state index contributed by atoms with van der Waals surface area (Å²) in [5.74, 6) is 10.4. The van der Waals surface area contributed by atoms with Crippen molar-refractivity contribution in [3.05, 3.63) is 0 Å². The first kappa shape index (κ1) is 9.19. The maximum Gasteiger partial charge on any atom is 0.345 e. The van der Waals surface area contributed by atoms with Crippen molar-refractivity contribution in [3.63, 3.8) is 0 Å². The third-order valence-electron chi connectivity index (χ3n) is 0.946. The van der Waals surface area contributed by atoms with Crippen LogP contribution in [0.1, 0.15) is 13.8 Å². The minimum absolute atomic E-state index is 0.349. The summed E-state index contributed by atoms with van der Waals surface area (Å²) in [4.78, 5) is 10.6. The second-order valence-corrected chi connectivity index (χ2v) is 2.50. The molecule has 0 heterocycles. The summed E-state index contributed by atoms with van der Waals surface area (Å²) in [6, 6.07) is -0.464. The Balaban J connectivity index is 3.61. The van der Waals surface area contributed by atoms with Gasteiger partial charge in [0.15, 0.2) is 0 Å². The zero-order chi connectivity index (χ0) is 8.15. The normalized spacial score (nSPS) is 9.70. The number of hydrogen-bond donors (Lipinski definition) is 3. The molecule has 5 nitrogen and oxygen atoms in total. The summed E-state index contributed by atoms with van der Waals surface area (Å²) in [5, 5.41) is 1.05. The van der Waals surface area contributed by atoms with Gasteiger partial charge in [-0.15, -0.1) is 0 Å². The van der Waals surface area contributed by atoms with Gasteiger partial charge in [0, 0.05) is 6.54 Å². The van der Waals surface area contributed by atoms with Gasteiger partial charge in [0.05, 0.1) is 0 Å². The Morgan fingerprint density at radius 2 is 2.20 bits per heavy atom. The Kier molecular flexibility index (Phi) is 3.75. The summed E-state index contributed by atoms with van der Waals surface area (Å²) in [6.07, 6.45) is 0. The first-order valence-electron chi connectivity index (χ1n) is 3.10. The van der Waals surface area contributed by atoms with Crippen molar-refractivity contribution < 1.29 is 4.79 Å². The molecule has 5 heteroatoms. The van der Waals surface area contributed by atoms with Crippen LogP contribution in [0.3, 0.4) is 0 Å². The summed E-state index contributed by atoms with van der Waals surface area (Å²) >= 11 is 0. The van der Waals surface area contributed by atoms with Crippen molar-refractivity contribution in [1.82, 2.24) is 10.4 Å². The van der Waals surface area contributed by atoms with Crippen LogP contribution < -0.4 is 17.1 Å². The SMILES string of the molecule is CC(C)CN(N)C(=O)NN.